The van der Waals surface area contributed by atoms with Crippen LogP contribution in [0.25, 0.3) is 0 Å². The van der Waals surface area contributed by atoms with Crippen LogP contribution in [-0.2, 0) is 6.54 Å². The van der Waals surface area contributed by atoms with E-state index in [-0.39, 0.29) is 11.9 Å². The molecule has 3 heterocycles. The summed E-state index contributed by atoms with van der Waals surface area (Å²) in [4.78, 5) is 19.1. The number of aryl methyl sites for hydroxylation is 1. The first kappa shape index (κ1) is 18.2. The summed E-state index contributed by atoms with van der Waals surface area (Å²) < 4.78 is 1.85. The van der Waals surface area contributed by atoms with Gasteiger partial charge in [0.15, 0.2) is 0 Å². The molecule has 0 spiro atoms. The smallest absolute Gasteiger partial charge is 0.253 e. The molecule has 28 heavy (non-hydrogen) atoms. The Hall–Kier alpha value is -3.19. The molecule has 3 N–H and O–H groups in total. The number of hydrogen-bond acceptors (Lipinski definition) is 5. The van der Waals surface area contributed by atoms with Crippen molar-refractivity contribution in [1.82, 2.24) is 25.0 Å². The summed E-state index contributed by atoms with van der Waals surface area (Å²) in [5.74, 6) is 0.562. The Bertz CT molecular complexity index is 968. The second-order valence-electron chi connectivity index (χ2n) is 7.11. The number of rotatable bonds is 4. The molecule has 1 amide bonds. The highest BCUT2D eigenvalue weighted by atomic mass is 16.2. The van der Waals surface area contributed by atoms with Crippen molar-refractivity contribution in [3.05, 3.63) is 77.2 Å². The monoisotopic (exact) mass is 376 g/mol. The van der Waals surface area contributed by atoms with Crippen LogP contribution in [0.2, 0.25) is 0 Å². The number of nitrogens with zero attached hydrogens (tertiary/aromatic N) is 4. The molecule has 0 bridgehead atoms. The van der Waals surface area contributed by atoms with E-state index in [1.807, 2.05) is 59.0 Å². The van der Waals surface area contributed by atoms with Crippen molar-refractivity contribution in [2.24, 2.45) is 0 Å². The zero-order valence-corrected chi connectivity index (χ0v) is 15.9. The summed E-state index contributed by atoms with van der Waals surface area (Å²) in [6.07, 6.45) is 3.57. The first-order valence-electron chi connectivity index (χ1n) is 9.41. The van der Waals surface area contributed by atoms with E-state index in [2.05, 4.69) is 15.4 Å². The van der Waals surface area contributed by atoms with Gasteiger partial charge in [0, 0.05) is 49.4 Å². The molecule has 144 valence electrons. The number of anilines is 1. The van der Waals surface area contributed by atoms with Gasteiger partial charge in [0.2, 0.25) is 0 Å². The van der Waals surface area contributed by atoms with Crippen molar-refractivity contribution >= 4 is 11.7 Å². The molecule has 1 saturated heterocycles. The van der Waals surface area contributed by atoms with Gasteiger partial charge in [-0.15, -0.1) is 0 Å². The minimum absolute atomic E-state index is 0.0547. The molecule has 0 radical (unpaired) electrons. The van der Waals surface area contributed by atoms with Gasteiger partial charge in [-0.2, -0.15) is 5.10 Å². The van der Waals surface area contributed by atoms with Crippen LogP contribution in [0.1, 0.15) is 33.2 Å². The lowest BCUT2D eigenvalue weighted by Crippen LogP contribution is -2.48. The molecule has 1 unspecified atom stereocenters. The highest BCUT2D eigenvalue weighted by molar-refractivity contribution is 5.94. The minimum Gasteiger partial charge on any atom is -0.382 e. The third-order valence-electron chi connectivity index (χ3n) is 5.08. The van der Waals surface area contributed by atoms with Crippen molar-refractivity contribution < 1.29 is 4.79 Å². The highest BCUT2D eigenvalue weighted by Gasteiger charge is 2.25. The number of hydrogen-bond donors (Lipinski definition) is 2. The van der Waals surface area contributed by atoms with Crippen molar-refractivity contribution in [3.8, 4) is 0 Å². The van der Waals surface area contributed by atoms with E-state index in [0.717, 1.165) is 23.4 Å². The molecule has 7 nitrogen and oxygen atoms in total. The van der Waals surface area contributed by atoms with Crippen LogP contribution in [0.5, 0.6) is 0 Å². The molecule has 0 saturated carbocycles. The van der Waals surface area contributed by atoms with E-state index in [1.54, 1.807) is 12.4 Å². The zero-order chi connectivity index (χ0) is 19.5. The fourth-order valence-corrected chi connectivity index (χ4v) is 3.61. The summed E-state index contributed by atoms with van der Waals surface area (Å²) in [5, 5.41) is 7.78. The Kier molecular flexibility index (Phi) is 5.08. The molecular weight excluding hydrogens is 352 g/mol. The van der Waals surface area contributed by atoms with Gasteiger partial charge < -0.3 is 16.0 Å². The van der Waals surface area contributed by atoms with Gasteiger partial charge in [0.05, 0.1) is 12.6 Å². The number of nitrogens with one attached hydrogen (secondary N) is 1. The number of benzene rings is 1. The Morgan fingerprint density at radius 2 is 2.07 bits per heavy atom. The van der Waals surface area contributed by atoms with Crippen molar-refractivity contribution in [2.45, 2.75) is 19.5 Å². The maximum Gasteiger partial charge on any atom is 0.253 e. The summed E-state index contributed by atoms with van der Waals surface area (Å²) in [5.41, 5.74) is 9.64. The zero-order valence-electron chi connectivity index (χ0n) is 15.9. The lowest BCUT2D eigenvalue weighted by Gasteiger charge is -2.34. The molecule has 1 aliphatic heterocycles. The van der Waals surface area contributed by atoms with Gasteiger partial charge in [-0.25, -0.2) is 0 Å². The van der Waals surface area contributed by atoms with Crippen LogP contribution in [0.3, 0.4) is 0 Å². The molecule has 4 rings (SSSR count). The first-order chi connectivity index (χ1) is 13.6. The standard InChI is InChI=1S/C21H24N6O/c1-15-11-20(22)25-27(15)13-16-3-2-4-18(12-16)21(28)26-10-9-24-19(14-26)17-5-7-23-8-6-17/h2-8,11-12,19,24H,9-10,13-14H2,1H3,(H2,22,25). The Morgan fingerprint density at radius 1 is 1.25 bits per heavy atom. The largest absolute Gasteiger partial charge is 0.382 e. The summed E-state index contributed by atoms with van der Waals surface area (Å²) in [6.45, 7) is 4.66. The predicted molar refractivity (Wildman–Crippen MR) is 108 cm³/mol. The molecule has 0 aliphatic carbocycles. The van der Waals surface area contributed by atoms with Gasteiger partial charge in [-0.05, 0) is 42.3 Å². The number of nitrogen functional groups attached to an aromatic ring is 1. The Morgan fingerprint density at radius 3 is 2.82 bits per heavy atom. The number of aromatic nitrogens is 3. The molecular formula is C21H24N6O. The van der Waals surface area contributed by atoms with Crippen LogP contribution in [0, 0.1) is 6.92 Å². The second-order valence-corrected chi connectivity index (χ2v) is 7.11. The fraction of sp³-hybridized carbons (Fsp3) is 0.286. The summed E-state index contributed by atoms with van der Waals surface area (Å²) in [7, 11) is 0. The lowest BCUT2D eigenvalue weighted by molar-refractivity contribution is 0.0703. The van der Waals surface area contributed by atoms with E-state index < -0.39 is 0 Å². The number of piperazine rings is 1. The van der Waals surface area contributed by atoms with Crippen molar-refractivity contribution in [3.63, 3.8) is 0 Å². The molecule has 1 aromatic carbocycles. The number of carbonyl (C=O) groups excluding carboxylic acids is 1. The molecule has 2 aromatic heterocycles. The van der Waals surface area contributed by atoms with E-state index >= 15 is 0 Å². The van der Waals surface area contributed by atoms with Gasteiger partial charge in [0.25, 0.3) is 5.91 Å². The SMILES string of the molecule is Cc1cc(N)nn1Cc1cccc(C(=O)N2CCNC(c3ccncc3)C2)c1. The van der Waals surface area contributed by atoms with E-state index in [4.69, 9.17) is 5.73 Å². The third kappa shape index (κ3) is 3.89. The Balaban J connectivity index is 1.49. The quantitative estimate of drug-likeness (QED) is 0.727. The van der Waals surface area contributed by atoms with E-state index in [0.29, 0.717) is 31.0 Å². The highest BCUT2D eigenvalue weighted by Crippen LogP contribution is 2.19. The van der Waals surface area contributed by atoms with E-state index in [9.17, 15) is 4.79 Å². The maximum atomic E-state index is 13.1. The Labute approximate surface area is 164 Å². The molecule has 1 fully saturated rings. The van der Waals surface area contributed by atoms with Gasteiger partial charge >= 0.3 is 0 Å². The third-order valence-corrected chi connectivity index (χ3v) is 5.08. The van der Waals surface area contributed by atoms with Crippen LogP contribution in [0.4, 0.5) is 5.82 Å². The molecule has 1 atom stereocenters. The number of nitrogens with two attached hydrogens (primary N) is 1. The van der Waals surface area contributed by atoms with Crippen molar-refractivity contribution in [2.75, 3.05) is 25.4 Å². The number of pyridine rings is 1. The maximum absolute atomic E-state index is 13.1. The van der Waals surface area contributed by atoms with Crippen LogP contribution in [0.15, 0.2) is 54.9 Å². The second kappa shape index (κ2) is 7.82. The average Bonchev–Trinajstić information content (AvgIpc) is 3.05. The van der Waals surface area contributed by atoms with Gasteiger partial charge in [-0.3, -0.25) is 14.5 Å². The number of carbonyl (C=O) groups is 1. The van der Waals surface area contributed by atoms with Crippen molar-refractivity contribution in [1.29, 1.82) is 0 Å². The van der Waals surface area contributed by atoms with Crippen LogP contribution >= 0.6 is 0 Å². The van der Waals surface area contributed by atoms with E-state index in [1.165, 1.54) is 0 Å². The topological polar surface area (TPSA) is 89.1 Å². The summed E-state index contributed by atoms with van der Waals surface area (Å²) in [6, 6.07) is 13.7. The first-order valence-corrected chi connectivity index (χ1v) is 9.41. The molecule has 1 aliphatic rings. The number of amides is 1. The molecule has 7 heteroatoms. The van der Waals surface area contributed by atoms with Gasteiger partial charge in [-0.1, -0.05) is 12.1 Å². The van der Waals surface area contributed by atoms with Gasteiger partial charge in [0.1, 0.15) is 5.82 Å². The lowest BCUT2D eigenvalue weighted by atomic mass is 10.0. The normalized spacial score (nSPS) is 16.9. The summed E-state index contributed by atoms with van der Waals surface area (Å²) >= 11 is 0. The van der Waals surface area contributed by atoms with Crippen LogP contribution in [-0.4, -0.2) is 45.2 Å². The predicted octanol–water partition coefficient (Wildman–Crippen LogP) is 2.00. The minimum atomic E-state index is 0.0547. The average molecular weight is 376 g/mol. The molecule has 3 aromatic rings. The fourth-order valence-electron chi connectivity index (χ4n) is 3.61. The van der Waals surface area contributed by atoms with Crippen LogP contribution < -0.4 is 11.1 Å².